The lowest BCUT2D eigenvalue weighted by molar-refractivity contribution is -0.113. The molecule has 2 atom stereocenters. The molecule has 1 amide bonds. The topological polar surface area (TPSA) is 116 Å². The van der Waals surface area contributed by atoms with Gasteiger partial charge in [0.1, 0.15) is 12.1 Å². The van der Waals surface area contributed by atoms with Crippen molar-refractivity contribution in [3.63, 3.8) is 0 Å². The molecule has 8 nitrogen and oxygen atoms in total. The zero-order chi connectivity index (χ0) is 15.9. The van der Waals surface area contributed by atoms with Crippen LogP contribution < -0.4 is 16.7 Å². The van der Waals surface area contributed by atoms with Crippen LogP contribution in [0, 0.1) is 0 Å². The molecule has 22 heavy (non-hydrogen) atoms. The van der Waals surface area contributed by atoms with Crippen LogP contribution in [0.25, 0.3) is 11.0 Å². The van der Waals surface area contributed by atoms with Crippen LogP contribution in [-0.4, -0.2) is 40.1 Å². The number of carbonyl (C=O) groups is 2. The highest BCUT2D eigenvalue weighted by atomic mass is 16.5. The SMILES string of the molecule is CCOC1C(=O)C1NC(=O)c1nc2ccccc2n(N)c1=O. The lowest BCUT2D eigenvalue weighted by Crippen LogP contribution is -2.39. The minimum absolute atomic E-state index is 0.218. The standard InChI is InChI=1S/C14H14N4O4/c1-2-22-12-9(11(12)19)17-13(20)10-14(21)18(15)8-6-4-3-5-7(8)16-10/h3-6,9,12H,2,15H2,1H3,(H,17,20). The van der Waals surface area contributed by atoms with E-state index >= 15 is 0 Å². The fourth-order valence-corrected chi connectivity index (χ4v) is 2.23. The second-order valence-electron chi connectivity index (χ2n) is 4.85. The molecule has 1 saturated carbocycles. The van der Waals surface area contributed by atoms with Crippen LogP contribution >= 0.6 is 0 Å². The Morgan fingerprint density at radius 2 is 2.14 bits per heavy atom. The summed E-state index contributed by atoms with van der Waals surface area (Å²) < 4.78 is 6.01. The summed E-state index contributed by atoms with van der Waals surface area (Å²) in [6, 6.07) is 5.96. The molecule has 2 unspecified atom stereocenters. The maximum absolute atomic E-state index is 12.2. The smallest absolute Gasteiger partial charge is 0.300 e. The Bertz CT molecular complexity index is 829. The van der Waals surface area contributed by atoms with Crippen molar-refractivity contribution in [2.45, 2.75) is 19.1 Å². The number of hydrogen-bond acceptors (Lipinski definition) is 6. The Labute approximate surface area is 124 Å². The second-order valence-corrected chi connectivity index (χ2v) is 4.85. The van der Waals surface area contributed by atoms with E-state index in [2.05, 4.69) is 10.3 Å². The van der Waals surface area contributed by atoms with Crippen molar-refractivity contribution in [1.82, 2.24) is 15.0 Å². The van der Waals surface area contributed by atoms with Crippen molar-refractivity contribution in [3.05, 3.63) is 40.3 Å². The van der Waals surface area contributed by atoms with Crippen LogP contribution in [0.4, 0.5) is 0 Å². The van der Waals surface area contributed by atoms with Gasteiger partial charge in [-0.05, 0) is 19.1 Å². The molecular weight excluding hydrogens is 288 g/mol. The molecule has 3 rings (SSSR count). The molecular formula is C14H14N4O4. The first-order valence-electron chi connectivity index (χ1n) is 6.77. The third-order valence-corrected chi connectivity index (χ3v) is 3.42. The molecule has 0 radical (unpaired) electrons. The number of fused-ring (bicyclic) bond motifs is 1. The fourth-order valence-electron chi connectivity index (χ4n) is 2.23. The second kappa shape index (κ2) is 5.23. The lowest BCUT2D eigenvalue weighted by Gasteiger charge is -2.07. The van der Waals surface area contributed by atoms with Crippen molar-refractivity contribution < 1.29 is 14.3 Å². The maximum atomic E-state index is 12.2. The van der Waals surface area contributed by atoms with E-state index in [4.69, 9.17) is 10.6 Å². The highest BCUT2D eigenvalue weighted by Gasteiger charge is 2.51. The Morgan fingerprint density at radius 1 is 1.41 bits per heavy atom. The highest BCUT2D eigenvalue weighted by molar-refractivity contribution is 6.09. The molecule has 0 spiro atoms. The summed E-state index contributed by atoms with van der Waals surface area (Å²) in [5, 5.41) is 2.44. The van der Waals surface area contributed by atoms with Gasteiger partial charge < -0.3 is 15.9 Å². The monoisotopic (exact) mass is 302 g/mol. The van der Waals surface area contributed by atoms with Gasteiger partial charge in [-0.25, -0.2) is 9.66 Å². The first-order valence-corrected chi connectivity index (χ1v) is 6.77. The Hall–Kier alpha value is -2.74. The zero-order valence-electron chi connectivity index (χ0n) is 11.8. The predicted octanol–water partition coefficient (Wildman–Crippen LogP) is -0.803. The summed E-state index contributed by atoms with van der Waals surface area (Å²) in [7, 11) is 0. The number of ketones is 1. The first-order chi connectivity index (χ1) is 10.5. The normalized spacial score (nSPS) is 20.1. The van der Waals surface area contributed by atoms with Gasteiger partial charge in [-0.1, -0.05) is 12.1 Å². The minimum atomic E-state index is -0.740. The van der Waals surface area contributed by atoms with E-state index < -0.39 is 23.6 Å². The van der Waals surface area contributed by atoms with Crippen molar-refractivity contribution in [3.8, 4) is 0 Å². The number of nitrogens with two attached hydrogens (primary N) is 1. The number of hydrogen-bond donors (Lipinski definition) is 2. The molecule has 0 bridgehead atoms. The Morgan fingerprint density at radius 3 is 2.86 bits per heavy atom. The fraction of sp³-hybridized carbons (Fsp3) is 0.286. The average Bonchev–Trinajstić information content (AvgIpc) is 3.11. The van der Waals surface area contributed by atoms with Crippen LogP contribution in [0.2, 0.25) is 0 Å². The number of amides is 1. The summed E-state index contributed by atoms with van der Waals surface area (Å²) >= 11 is 0. The van der Waals surface area contributed by atoms with Gasteiger partial charge >= 0.3 is 5.56 Å². The van der Waals surface area contributed by atoms with Crippen LogP contribution in [0.1, 0.15) is 17.4 Å². The van der Waals surface area contributed by atoms with Crippen molar-refractivity contribution in [2.75, 3.05) is 12.4 Å². The van der Waals surface area contributed by atoms with Gasteiger partial charge in [0, 0.05) is 6.61 Å². The van der Waals surface area contributed by atoms with Gasteiger partial charge in [-0.3, -0.25) is 14.4 Å². The number of carbonyl (C=O) groups excluding carboxylic acids is 2. The van der Waals surface area contributed by atoms with Crippen LogP contribution in [0.3, 0.4) is 0 Å². The third-order valence-electron chi connectivity index (χ3n) is 3.42. The van der Waals surface area contributed by atoms with E-state index in [0.29, 0.717) is 17.6 Å². The Balaban J connectivity index is 1.90. The number of Topliss-reactive ketones (excluding diaryl/α,β-unsaturated/α-hetero) is 1. The lowest BCUT2D eigenvalue weighted by atomic mass is 10.3. The molecule has 1 aliphatic rings. The number of nitrogens with one attached hydrogen (secondary N) is 1. The average molecular weight is 302 g/mol. The maximum Gasteiger partial charge on any atom is 0.300 e. The van der Waals surface area contributed by atoms with Crippen molar-refractivity contribution >= 4 is 22.7 Å². The van der Waals surface area contributed by atoms with Crippen LogP contribution in [0.5, 0.6) is 0 Å². The molecule has 1 aliphatic carbocycles. The molecule has 1 heterocycles. The van der Waals surface area contributed by atoms with E-state index in [1.165, 1.54) is 0 Å². The highest BCUT2D eigenvalue weighted by Crippen LogP contribution is 2.20. The molecule has 2 aromatic rings. The quantitative estimate of drug-likeness (QED) is 0.714. The third kappa shape index (κ3) is 2.23. The molecule has 0 saturated heterocycles. The predicted molar refractivity (Wildman–Crippen MR) is 77.8 cm³/mol. The summed E-state index contributed by atoms with van der Waals surface area (Å²) in [5.74, 6) is 4.74. The van der Waals surface area contributed by atoms with Gasteiger partial charge in [0.25, 0.3) is 5.91 Å². The van der Waals surface area contributed by atoms with E-state index in [9.17, 15) is 14.4 Å². The number of rotatable bonds is 4. The number of nitrogen functional groups attached to an aromatic ring is 1. The largest absolute Gasteiger partial charge is 0.368 e. The molecule has 1 aromatic heterocycles. The van der Waals surface area contributed by atoms with Gasteiger partial charge in [-0.2, -0.15) is 0 Å². The summed E-state index contributed by atoms with van der Waals surface area (Å²) in [6.45, 7) is 2.12. The zero-order valence-corrected chi connectivity index (χ0v) is 11.8. The molecule has 1 aromatic carbocycles. The number of nitrogens with zero attached hydrogens (tertiary/aromatic N) is 2. The summed E-state index contributed by atoms with van der Waals surface area (Å²) in [5.41, 5.74) is -0.245. The summed E-state index contributed by atoms with van der Waals surface area (Å²) in [4.78, 5) is 39.8. The molecule has 0 aliphatic heterocycles. The van der Waals surface area contributed by atoms with Crippen LogP contribution in [-0.2, 0) is 9.53 Å². The van der Waals surface area contributed by atoms with Gasteiger partial charge in [0.15, 0.2) is 11.5 Å². The van der Waals surface area contributed by atoms with E-state index in [0.717, 1.165) is 4.68 Å². The van der Waals surface area contributed by atoms with Crippen LogP contribution in [0.15, 0.2) is 29.1 Å². The van der Waals surface area contributed by atoms with E-state index in [-0.39, 0.29) is 11.5 Å². The molecule has 1 fully saturated rings. The number of ether oxygens (including phenoxy) is 1. The molecule has 114 valence electrons. The van der Waals surface area contributed by atoms with Crippen molar-refractivity contribution in [1.29, 1.82) is 0 Å². The number of aromatic nitrogens is 2. The van der Waals surface area contributed by atoms with Gasteiger partial charge in [0.05, 0.1) is 11.0 Å². The summed E-state index contributed by atoms with van der Waals surface area (Å²) in [6.07, 6.45) is -0.644. The molecule has 3 N–H and O–H groups in total. The minimum Gasteiger partial charge on any atom is -0.368 e. The first kappa shape index (κ1) is 14.2. The number of benzene rings is 1. The van der Waals surface area contributed by atoms with E-state index in [1.54, 1.807) is 31.2 Å². The van der Waals surface area contributed by atoms with Crippen molar-refractivity contribution in [2.24, 2.45) is 0 Å². The van der Waals surface area contributed by atoms with Gasteiger partial charge in [-0.15, -0.1) is 0 Å². The Kier molecular flexibility index (Phi) is 3.38. The number of para-hydroxylation sites is 2. The molecule has 8 heteroatoms. The van der Waals surface area contributed by atoms with Gasteiger partial charge in [0.2, 0.25) is 0 Å². The van der Waals surface area contributed by atoms with E-state index in [1.807, 2.05) is 0 Å².